The van der Waals surface area contributed by atoms with Gasteiger partial charge in [-0.25, -0.2) is 19.2 Å². The van der Waals surface area contributed by atoms with Crippen LogP contribution in [0.15, 0.2) is 28.8 Å². The van der Waals surface area contributed by atoms with E-state index in [2.05, 4.69) is 30.7 Å². The molecule has 3 aromatic rings. The number of carbonyl (C=O) groups excluding carboxylic acids is 1. The molecule has 0 saturated heterocycles. The Morgan fingerprint density at radius 3 is 2.67 bits per heavy atom. The summed E-state index contributed by atoms with van der Waals surface area (Å²) in [5, 5.41) is 18.2. The zero-order chi connectivity index (χ0) is 25.7. The van der Waals surface area contributed by atoms with E-state index in [0.717, 1.165) is 25.7 Å². The van der Waals surface area contributed by atoms with Crippen molar-refractivity contribution in [2.75, 3.05) is 7.11 Å². The molecule has 4 rings (SSSR count). The standard InChI is InChI=1S/C24H27FN6O5/c1-13-27-18(11-19(28-13)23(32)26-12-15-5-8-17(25)20(9-15)35-2)22-30-21(36-31-22)10-14-3-6-16(7-4-14)29-24(33)34/h5,8-9,11,14,16,29H,3-4,6-7,10,12H2,1-2H3,(H,26,32)(H,33,34). The van der Waals surface area contributed by atoms with E-state index in [9.17, 15) is 14.0 Å². The predicted molar refractivity (Wildman–Crippen MR) is 125 cm³/mol. The highest BCUT2D eigenvalue weighted by molar-refractivity contribution is 5.93. The van der Waals surface area contributed by atoms with Crippen LogP contribution >= 0.6 is 0 Å². The first-order valence-corrected chi connectivity index (χ1v) is 11.6. The van der Waals surface area contributed by atoms with Crippen LogP contribution in [0.3, 0.4) is 0 Å². The topological polar surface area (TPSA) is 152 Å². The molecule has 0 radical (unpaired) electrons. The first-order valence-electron chi connectivity index (χ1n) is 11.6. The van der Waals surface area contributed by atoms with Crippen molar-refractivity contribution in [1.29, 1.82) is 0 Å². The van der Waals surface area contributed by atoms with Crippen molar-refractivity contribution < 1.29 is 28.3 Å². The Morgan fingerprint density at radius 1 is 1.17 bits per heavy atom. The second kappa shape index (κ2) is 11.1. The lowest BCUT2D eigenvalue weighted by Crippen LogP contribution is -2.36. The number of aromatic nitrogens is 4. The molecule has 1 aliphatic rings. The number of amides is 2. The maximum atomic E-state index is 13.6. The van der Waals surface area contributed by atoms with Crippen molar-refractivity contribution in [2.45, 2.75) is 51.6 Å². The van der Waals surface area contributed by atoms with Crippen LogP contribution in [0.25, 0.3) is 11.5 Å². The van der Waals surface area contributed by atoms with Crippen LogP contribution in [0.1, 0.15) is 53.5 Å². The van der Waals surface area contributed by atoms with E-state index < -0.39 is 17.8 Å². The van der Waals surface area contributed by atoms with Crippen molar-refractivity contribution in [3.05, 3.63) is 53.1 Å². The van der Waals surface area contributed by atoms with E-state index >= 15 is 0 Å². The van der Waals surface area contributed by atoms with Crippen molar-refractivity contribution in [1.82, 2.24) is 30.7 Å². The average molecular weight is 499 g/mol. The fraction of sp³-hybridized carbons (Fsp3) is 0.417. The molecule has 1 aliphatic carbocycles. The van der Waals surface area contributed by atoms with Crippen molar-refractivity contribution in [3.63, 3.8) is 0 Å². The van der Waals surface area contributed by atoms with Crippen LogP contribution in [-0.4, -0.2) is 50.4 Å². The number of hydrogen-bond donors (Lipinski definition) is 3. The Balaban J connectivity index is 1.38. The molecule has 0 spiro atoms. The molecular formula is C24H27FN6O5. The molecule has 36 heavy (non-hydrogen) atoms. The summed E-state index contributed by atoms with van der Waals surface area (Å²) in [5.41, 5.74) is 1.17. The van der Waals surface area contributed by atoms with Crippen LogP contribution in [-0.2, 0) is 13.0 Å². The molecule has 190 valence electrons. The molecule has 1 saturated carbocycles. The number of aryl methyl sites for hydroxylation is 1. The molecule has 12 heteroatoms. The first kappa shape index (κ1) is 25.0. The quantitative estimate of drug-likeness (QED) is 0.425. The highest BCUT2D eigenvalue weighted by Gasteiger charge is 2.24. The van der Waals surface area contributed by atoms with Crippen molar-refractivity contribution in [2.24, 2.45) is 5.92 Å². The van der Waals surface area contributed by atoms with E-state index in [0.29, 0.717) is 35.3 Å². The zero-order valence-corrected chi connectivity index (χ0v) is 20.0. The molecule has 3 N–H and O–H groups in total. The summed E-state index contributed by atoms with van der Waals surface area (Å²) in [7, 11) is 1.37. The number of ether oxygens (including phenoxy) is 1. The summed E-state index contributed by atoms with van der Waals surface area (Å²) in [4.78, 5) is 36.5. The lowest BCUT2D eigenvalue weighted by atomic mass is 9.84. The fourth-order valence-electron chi connectivity index (χ4n) is 4.26. The summed E-state index contributed by atoms with van der Waals surface area (Å²) in [6.07, 6.45) is 2.85. The Bertz CT molecular complexity index is 1240. The lowest BCUT2D eigenvalue weighted by Gasteiger charge is -2.27. The van der Waals surface area contributed by atoms with Crippen LogP contribution in [0.5, 0.6) is 5.75 Å². The minimum atomic E-state index is -0.996. The highest BCUT2D eigenvalue weighted by atomic mass is 19.1. The maximum Gasteiger partial charge on any atom is 0.404 e. The summed E-state index contributed by atoms with van der Waals surface area (Å²) in [6.45, 7) is 1.82. The molecule has 1 fully saturated rings. The molecule has 2 heterocycles. The average Bonchev–Trinajstić information content (AvgIpc) is 3.32. The molecule has 0 atom stereocenters. The first-order chi connectivity index (χ1) is 17.3. The Hall–Kier alpha value is -4.09. The minimum absolute atomic E-state index is 0.0179. The van der Waals surface area contributed by atoms with Crippen LogP contribution in [0.2, 0.25) is 0 Å². The van der Waals surface area contributed by atoms with Gasteiger partial charge in [0, 0.05) is 19.0 Å². The van der Waals surface area contributed by atoms with E-state index in [4.69, 9.17) is 14.4 Å². The van der Waals surface area contributed by atoms with E-state index in [-0.39, 0.29) is 29.9 Å². The molecule has 2 aromatic heterocycles. The second-order valence-corrected chi connectivity index (χ2v) is 8.72. The van der Waals surface area contributed by atoms with Gasteiger partial charge in [-0.1, -0.05) is 11.2 Å². The second-order valence-electron chi connectivity index (χ2n) is 8.72. The largest absolute Gasteiger partial charge is 0.494 e. The van der Waals surface area contributed by atoms with Gasteiger partial charge in [0.2, 0.25) is 11.7 Å². The van der Waals surface area contributed by atoms with Crippen molar-refractivity contribution in [3.8, 4) is 17.3 Å². The van der Waals surface area contributed by atoms with Crippen LogP contribution < -0.4 is 15.4 Å². The van der Waals surface area contributed by atoms with Gasteiger partial charge in [-0.2, -0.15) is 4.98 Å². The van der Waals surface area contributed by atoms with Gasteiger partial charge in [-0.3, -0.25) is 4.79 Å². The summed E-state index contributed by atoms with van der Waals surface area (Å²) >= 11 is 0. The van der Waals surface area contributed by atoms with E-state index in [1.807, 2.05) is 0 Å². The van der Waals surface area contributed by atoms with Gasteiger partial charge < -0.3 is 25.0 Å². The van der Waals surface area contributed by atoms with Crippen LogP contribution in [0.4, 0.5) is 9.18 Å². The summed E-state index contributed by atoms with van der Waals surface area (Å²) < 4.78 is 24.0. The summed E-state index contributed by atoms with van der Waals surface area (Å²) in [6, 6.07) is 5.83. The van der Waals surface area contributed by atoms with Gasteiger partial charge in [-0.05, 0) is 62.3 Å². The number of methoxy groups -OCH3 is 1. The molecule has 0 bridgehead atoms. The number of carboxylic acid groups (broad SMARTS) is 1. The van der Waals surface area contributed by atoms with Crippen LogP contribution in [0, 0.1) is 18.7 Å². The Labute approximate surface area is 206 Å². The number of carbonyl (C=O) groups is 2. The van der Waals surface area contributed by atoms with Gasteiger partial charge in [0.15, 0.2) is 11.6 Å². The Morgan fingerprint density at radius 2 is 1.94 bits per heavy atom. The predicted octanol–water partition coefficient (Wildman–Crippen LogP) is 3.28. The van der Waals surface area contributed by atoms with Gasteiger partial charge >= 0.3 is 6.09 Å². The van der Waals surface area contributed by atoms with E-state index in [1.165, 1.54) is 25.3 Å². The third kappa shape index (κ3) is 6.32. The number of halogens is 1. The smallest absolute Gasteiger partial charge is 0.404 e. The molecule has 0 aliphatic heterocycles. The zero-order valence-electron chi connectivity index (χ0n) is 20.0. The van der Waals surface area contributed by atoms with E-state index in [1.54, 1.807) is 13.0 Å². The fourth-order valence-corrected chi connectivity index (χ4v) is 4.26. The molecule has 0 unspecified atom stereocenters. The third-order valence-corrected chi connectivity index (χ3v) is 6.07. The number of nitrogens with one attached hydrogen (secondary N) is 2. The Kier molecular flexibility index (Phi) is 7.71. The lowest BCUT2D eigenvalue weighted by molar-refractivity contribution is 0.0945. The number of rotatable bonds is 8. The number of benzene rings is 1. The minimum Gasteiger partial charge on any atom is -0.494 e. The number of hydrogen-bond acceptors (Lipinski definition) is 8. The molecule has 11 nitrogen and oxygen atoms in total. The highest BCUT2D eigenvalue weighted by Crippen LogP contribution is 2.27. The van der Waals surface area contributed by atoms with Gasteiger partial charge in [0.05, 0.1) is 7.11 Å². The van der Waals surface area contributed by atoms with Gasteiger partial charge in [-0.15, -0.1) is 0 Å². The normalized spacial score (nSPS) is 17.4. The molecule has 1 aromatic carbocycles. The van der Waals surface area contributed by atoms with Gasteiger partial charge in [0.1, 0.15) is 17.2 Å². The SMILES string of the molecule is COc1cc(CNC(=O)c2cc(-c3noc(CC4CCC(NC(=O)O)CC4)n3)nc(C)n2)ccc1F. The number of nitrogens with zero attached hydrogens (tertiary/aromatic N) is 4. The third-order valence-electron chi connectivity index (χ3n) is 6.07. The van der Waals surface area contributed by atoms with Gasteiger partial charge in [0.25, 0.3) is 5.91 Å². The summed E-state index contributed by atoms with van der Waals surface area (Å²) in [5.74, 6) is 0.605. The van der Waals surface area contributed by atoms with Crippen molar-refractivity contribution >= 4 is 12.0 Å². The molecular weight excluding hydrogens is 471 g/mol. The monoisotopic (exact) mass is 498 g/mol. The maximum absolute atomic E-state index is 13.6. The molecule has 2 amide bonds.